The highest BCUT2D eigenvalue weighted by Crippen LogP contribution is 2.23. The monoisotopic (exact) mass is 358 g/mol. The maximum Gasteiger partial charge on any atom is 0.229 e. The minimum Gasteiger partial charge on any atom is -0.384 e. The van der Waals surface area contributed by atoms with Crippen molar-refractivity contribution in [2.24, 2.45) is 0 Å². The molecule has 0 saturated heterocycles. The fourth-order valence-corrected chi connectivity index (χ4v) is 2.95. The van der Waals surface area contributed by atoms with Gasteiger partial charge in [0.05, 0.1) is 6.20 Å². The van der Waals surface area contributed by atoms with E-state index in [2.05, 4.69) is 49.1 Å². The predicted octanol–water partition coefficient (Wildman–Crippen LogP) is 2.46. The van der Waals surface area contributed by atoms with Crippen molar-refractivity contribution in [1.29, 1.82) is 5.26 Å². The first-order valence-electron chi connectivity index (χ1n) is 8.57. The van der Waals surface area contributed by atoms with E-state index in [1.165, 1.54) is 17.3 Å². The SMILES string of the molecule is N#Cc1cnc(Nc2ccc3c(c2)CNCC3)nc1Nc1cccc(N)n1. The van der Waals surface area contributed by atoms with Crippen LogP contribution in [0.4, 0.5) is 29.1 Å². The van der Waals surface area contributed by atoms with Crippen LogP contribution in [-0.4, -0.2) is 21.5 Å². The number of nitrogen functional groups attached to an aromatic ring is 1. The molecule has 1 aliphatic heterocycles. The third-order valence-corrected chi connectivity index (χ3v) is 4.28. The lowest BCUT2D eigenvalue weighted by atomic mass is 10.0. The van der Waals surface area contributed by atoms with Gasteiger partial charge >= 0.3 is 0 Å². The third kappa shape index (κ3) is 3.78. The van der Waals surface area contributed by atoms with Gasteiger partial charge in [-0.3, -0.25) is 0 Å². The Morgan fingerprint density at radius 2 is 2.04 bits per heavy atom. The Labute approximate surface area is 156 Å². The van der Waals surface area contributed by atoms with Gasteiger partial charge in [-0.1, -0.05) is 12.1 Å². The second-order valence-corrected chi connectivity index (χ2v) is 6.18. The molecule has 0 fully saturated rings. The second-order valence-electron chi connectivity index (χ2n) is 6.18. The van der Waals surface area contributed by atoms with Gasteiger partial charge in [-0.05, 0) is 48.4 Å². The number of benzene rings is 1. The maximum atomic E-state index is 9.32. The highest BCUT2D eigenvalue weighted by atomic mass is 15.2. The average molecular weight is 358 g/mol. The first-order valence-corrected chi connectivity index (χ1v) is 8.57. The first kappa shape index (κ1) is 16.8. The number of fused-ring (bicyclic) bond motifs is 1. The Morgan fingerprint density at radius 1 is 1.11 bits per heavy atom. The van der Waals surface area contributed by atoms with Gasteiger partial charge in [0.2, 0.25) is 5.95 Å². The van der Waals surface area contributed by atoms with E-state index in [0.29, 0.717) is 29.0 Å². The van der Waals surface area contributed by atoms with E-state index < -0.39 is 0 Å². The van der Waals surface area contributed by atoms with Gasteiger partial charge in [-0.25, -0.2) is 9.97 Å². The van der Waals surface area contributed by atoms with Crippen LogP contribution < -0.4 is 21.7 Å². The van der Waals surface area contributed by atoms with Crippen LogP contribution in [0.15, 0.2) is 42.6 Å². The molecule has 134 valence electrons. The summed E-state index contributed by atoms with van der Waals surface area (Å²) in [7, 11) is 0. The molecule has 0 unspecified atom stereocenters. The molecule has 8 nitrogen and oxygen atoms in total. The molecule has 27 heavy (non-hydrogen) atoms. The zero-order valence-electron chi connectivity index (χ0n) is 14.5. The van der Waals surface area contributed by atoms with Gasteiger partial charge in [0.25, 0.3) is 0 Å². The number of aromatic nitrogens is 3. The van der Waals surface area contributed by atoms with Gasteiger partial charge in [-0.2, -0.15) is 10.2 Å². The lowest BCUT2D eigenvalue weighted by Gasteiger charge is -2.18. The molecule has 8 heteroatoms. The number of anilines is 5. The van der Waals surface area contributed by atoms with Crippen molar-refractivity contribution in [1.82, 2.24) is 20.3 Å². The lowest BCUT2D eigenvalue weighted by Crippen LogP contribution is -2.23. The predicted molar refractivity (Wildman–Crippen MR) is 104 cm³/mol. The summed E-state index contributed by atoms with van der Waals surface area (Å²) in [6, 6.07) is 13.5. The number of hydrogen-bond donors (Lipinski definition) is 4. The van der Waals surface area contributed by atoms with Crippen molar-refractivity contribution < 1.29 is 0 Å². The van der Waals surface area contributed by atoms with Gasteiger partial charge < -0.3 is 21.7 Å². The normalized spacial score (nSPS) is 12.7. The minimum absolute atomic E-state index is 0.319. The summed E-state index contributed by atoms with van der Waals surface area (Å²) in [6.45, 7) is 1.86. The van der Waals surface area contributed by atoms with Crippen LogP contribution in [0.3, 0.4) is 0 Å². The van der Waals surface area contributed by atoms with Crippen LogP contribution >= 0.6 is 0 Å². The molecule has 3 aromatic rings. The topological polar surface area (TPSA) is 125 Å². The molecule has 0 spiro atoms. The molecule has 0 amide bonds. The molecular weight excluding hydrogens is 340 g/mol. The summed E-state index contributed by atoms with van der Waals surface area (Å²) in [6.07, 6.45) is 2.51. The fraction of sp³-hybridized carbons (Fsp3) is 0.158. The van der Waals surface area contributed by atoms with E-state index in [-0.39, 0.29) is 0 Å². The zero-order valence-corrected chi connectivity index (χ0v) is 14.5. The smallest absolute Gasteiger partial charge is 0.229 e. The van der Waals surface area contributed by atoms with Gasteiger partial charge in [0.15, 0.2) is 5.82 Å². The number of nitrogens with zero attached hydrogens (tertiary/aromatic N) is 4. The summed E-state index contributed by atoms with van der Waals surface area (Å²) in [5.74, 6) is 1.65. The number of nitriles is 1. The molecule has 0 aliphatic carbocycles. The minimum atomic E-state index is 0.319. The van der Waals surface area contributed by atoms with Crippen molar-refractivity contribution >= 4 is 29.1 Å². The van der Waals surface area contributed by atoms with Gasteiger partial charge in [0.1, 0.15) is 23.3 Å². The van der Waals surface area contributed by atoms with Crippen molar-refractivity contribution in [2.75, 3.05) is 22.9 Å². The highest BCUT2D eigenvalue weighted by Gasteiger charge is 2.11. The Hall–Kier alpha value is -3.70. The number of nitrogens with one attached hydrogen (secondary N) is 3. The van der Waals surface area contributed by atoms with Crippen LogP contribution in [0.2, 0.25) is 0 Å². The lowest BCUT2D eigenvalue weighted by molar-refractivity contribution is 0.644. The van der Waals surface area contributed by atoms with Crippen LogP contribution in [0.5, 0.6) is 0 Å². The van der Waals surface area contributed by atoms with E-state index in [0.717, 1.165) is 25.2 Å². The van der Waals surface area contributed by atoms with E-state index >= 15 is 0 Å². The number of hydrogen-bond acceptors (Lipinski definition) is 8. The van der Waals surface area contributed by atoms with Crippen molar-refractivity contribution in [3.63, 3.8) is 0 Å². The fourth-order valence-electron chi connectivity index (χ4n) is 2.95. The van der Waals surface area contributed by atoms with Gasteiger partial charge in [0, 0.05) is 12.2 Å². The van der Waals surface area contributed by atoms with E-state index in [4.69, 9.17) is 5.73 Å². The Morgan fingerprint density at radius 3 is 2.89 bits per heavy atom. The summed E-state index contributed by atoms with van der Waals surface area (Å²) in [4.78, 5) is 12.8. The standard InChI is InChI=1S/C19H18N8/c20-9-14-11-23-19(27-18(14)26-17-3-1-2-16(21)25-17)24-15-5-4-12-6-7-22-10-13(12)8-15/h1-5,8,11,22H,6-7,10H2,(H4,21,23,24,25,26,27). The molecule has 1 aromatic carbocycles. The molecule has 1 aliphatic rings. The maximum absolute atomic E-state index is 9.32. The summed E-state index contributed by atoms with van der Waals surface area (Å²) in [5, 5.41) is 18.9. The van der Waals surface area contributed by atoms with Crippen molar-refractivity contribution in [2.45, 2.75) is 13.0 Å². The number of nitrogens with two attached hydrogens (primary N) is 1. The van der Waals surface area contributed by atoms with Crippen LogP contribution in [0, 0.1) is 11.3 Å². The Kier molecular flexibility index (Phi) is 4.51. The van der Waals surface area contributed by atoms with Crippen LogP contribution in [0.1, 0.15) is 16.7 Å². The molecule has 3 heterocycles. The quantitative estimate of drug-likeness (QED) is 0.560. The molecule has 4 rings (SSSR count). The molecule has 5 N–H and O–H groups in total. The number of pyridine rings is 1. The molecular formula is C19H18N8. The average Bonchev–Trinajstić information content (AvgIpc) is 2.68. The molecule has 2 aromatic heterocycles. The number of rotatable bonds is 4. The van der Waals surface area contributed by atoms with Crippen molar-refractivity contribution in [3.8, 4) is 6.07 Å². The summed E-state index contributed by atoms with van der Waals surface area (Å²) < 4.78 is 0. The summed E-state index contributed by atoms with van der Waals surface area (Å²) in [5.41, 5.74) is 9.54. The largest absolute Gasteiger partial charge is 0.384 e. The van der Waals surface area contributed by atoms with E-state index in [1.807, 2.05) is 6.07 Å². The molecule has 0 atom stereocenters. The zero-order chi connectivity index (χ0) is 18.6. The summed E-state index contributed by atoms with van der Waals surface area (Å²) >= 11 is 0. The van der Waals surface area contributed by atoms with E-state index in [1.54, 1.807) is 18.2 Å². The van der Waals surface area contributed by atoms with Crippen LogP contribution in [-0.2, 0) is 13.0 Å². The molecule has 0 saturated carbocycles. The van der Waals surface area contributed by atoms with Crippen molar-refractivity contribution in [3.05, 3.63) is 59.3 Å². The third-order valence-electron chi connectivity index (χ3n) is 4.28. The molecule has 0 bridgehead atoms. The van der Waals surface area contributed by atoms with E-state index in [9.17, 15) is 5.26 Å². The van der Waals surface area contributed by atoms with Crippen LogP contribution in [0.25, 0.3) is 0 Å². The second kappa shape index (κ2) is 7.27. The first-order chi connectivity index (χ1) is 13.2. The molecule has 0 radical (unpaired) electrons. The Bertz CT molecular complexity index is 1020. The van der Waals surface area contributed by atoms with Gasteiger partial charge in [-0.15, -0.1) is 0 Å². The Balaban J connectivity index is 1.59. The highest BCUT2D eigenvalue weighted by molar-refractivity contribution is 5.64.